The van der Waals surface area contributed by atoms with Crippen molar-refractivity contribution in [3.63, 3.8) is 0 Å². The van der Waals surface area contributed by atoms with Crippen LogP contribution >= 0.6 is 15.9 Å². The zero-order chi connectivity index (χ0) is 12.5. The molecule has 17 heavy (non-hydrogen) atoms. The monoisotopic (exact) mass is 319 g/mol. The van der Waals surface area contributed by atoms with Gasteiger partial charge in [-0.2, -0.15) is 0 Å². The summed E-state index contributed by atoms with van der Waals surface area (Å²) in [5, 5.41) is 4.27. The van der Waals surface area contributed by atoms with E-state index >= 15 is 0 Å². The number of sulfone groups is 1. The number of hydrogen-bond acceptors (Lipinski definition) is 3. The third-order valence-corrected chi connectivity index (χ3v) is 4.27. The highest BCUT2D eigenvalue weighted by Gasteiger charge is 2.20. The lowest BCUT2D eigenvalue weighted by atomic mass is 10.2. The summed E-state index contributed by atoms with van der Waals surface area (Å²) in [6.45, 7) is 0.431. The number of nitrogens with one attached hydrogen (secondary N) is 1. The van der Waals surface area contributed by atoms with Gasteiger partial charge in [0.05, 0.1) is 5.75 Å². The van der Waals surface area contributed by atoms with E-state index in [9.17, 15) is 12.8 Å². The van der Waals surface area contributed by atoms with Crippen molar-refractivity contribution < 1.29 is 12.8 Å². The fourth-order valence-electron chi connectivity index (χ4n) is 1.66. The zero-order valence-electron chi connectivity index (χ0n) is 8.86. The molecular formula is C11H11BrFNO2S. The molecular weight excluding hydrogens is 309 g/mol. The van der Waals surface area contributed by atoms with Crippen molar-refractivity contribution in [1.29, 1.82) is 0 Å². The van der Waals surface area contributed by atoms with E-state index in [0.717, 1.165) is 5.56 Å². The quantitative estimate of drug-likeness (QED) is 0.926. The van der Waals surface area contributed by atoms with Gasteiger partial charge in [0.15, 0.2) is 9.84 Å². The van der Waals surface area contributed by atoms with Crippen molar-refractivity contribution in [3.05, 3.63) is 45.5 Å². The van der Waals surface area contributed by atoms with Crippen LogP contribution in [0.5, 0.6) is 0 Å². The minimum absolute atomic E-state index is 0.0729. The Morgan fingerprint density at radius 2 is 2.18 bits per heavy atom. The summed E-state index contributed by atoms with van der Waals surface area (Å²) in [7, 11) is -3.04. The maximum Gasteiger partial charge on any atom is 0.173 e. The summed E-state index contributed by atoms with van der Waals surface area (Å²) in [5.74, 6) is -0.241. The van der Waals surface area contributed by atoms with Gasteiger partial charge in [-0.05, 0) is 23.8 Å². The largest absolute Gasteiger partial charge is 0.305 e. The number of halogens is 2. The van der Waals surface area contributed by atoms with Crippen LogP contribution in [0.2, 0.25) is 0 Å². The van der Waals surface area contributed by atoms with E-state index in [2.05, 4.69) is 21.2 Å². The van der Waals surface area contributed by atoms with E-state index in [1.165, 1.54) is 17.5 Å². The molecule has 0 aromatic heterocycles. The molecule has 1 unspecified atom stereocenters. The standard InChI is InChI=1S/C11H11BrFNO2S/c12-9-3-8(4-10(13)5-9)6-14-11-1-2-17(15,16)7-11/h1-5,11,14H,6-7H2. The smallest absolute Gasteiger partial charge is 0.173 e. The molecule has 2 rings (SSSR count). The zero-order valence-corrected chi connectivity index (χ0v) is 11.3. The molecule has 3 nitrogen and oxygen atoms in total. The molecule has 1 aliphatic rings. The molecule has 0 fully saturated rings. The van der Waals surface area contributed by atoms with Gasteiger partial charge >= 0.3 is 0 Å². The highest BCUT2D eigenvalue weighted by molar-refractivity contribution is 9.10. The minimum atomic E-state index is -3.04. The van der Waals surface area contributed by atoms with Crippen LogP contribution in [0.15, 0.2) is 34.2 Å². The van der Waals surface area contributed by atoms with Crippen molar-refractivity contribution >= 4 is 25.8 Å². The first kappa shape index (κ1) is 12.7. The van der Waals surface area contributed by atoms with Crippen LogP contribution in [0.25, 0.3) is 0 Å². The minimum Gasteiger partial charge on any atom is -0.305 e. The number of hydrogen-bond donors (Lipinski definition) is 1. The Morgan fingerprint density at radius 1 is 1.41 bits per heavy atom. The van der Waals surface area contributed by atoms with Gasteiger partial charge in [-0.1, -0.05) is 22.0 Å². The normalized spacial score (nSPS) is 21.9. The van der Waals surface area contributed by atoms with Gasteiger partial charge in [0, 0.05) is 22.5 Å². The van der Waals surface area contributed by atoms with Gasteiger partial charge in [-0.3, -0.25) is 0 Å². The molecule has 0 amide bonds. The Bertz CT molecular complexity index is 536. The first-order valence-electron chi connectivity index (χ1n) is 5.04. The van der Waals surface area contributed by atoms with Crippen LogP contribution in [0, 0.1) is 5.82 Å². The molecule has 92 valence electrons. The molecule has 0 bridgehead atoms. The second kappa shape index (κ2) is 4.88. The Kier molecular flexibility index (Phi) is 3.65. The van der Waals surface area contributed by atoms with E-state index in [0.29, 0.717) is 11.0 Å². The fraction of sp³-hybridized carbons (Fsp3) is 0.273. The summed E-state index contributed by atoms with van der Waals surface area (Å²) >= 11 is 3.21. The molecule has 0 saturated carbocycles. The molecule has 0 radical (unpaired) electrons. The number of rotatable bonds is 3. The highest BCUT2D eigenvalue weighted by atomic mass is 79.9. The first-order valence-corrected chi connectivity index (χ1v) is 7.55. The van der Waals surface area contributed by atoms with Crippen LogP contribution in [0.1, 0.15) is 5.56 Å². The van der Waals surface area contributed by atoms with Gasteiger partial charge < -0.3 is 5.32 Å². The van der Waals surface area contributed by atoms with Gasteiger partial charge in [-0.25, -0.2) is 12.8 Å². The molecule has 1 aromatic carbocycles. The topological polar surface area (TPSA) is 46.2 Å². The average molecular weight is 320 g/mol. The van der Waals surface area contributed by atoms with E-state index in [4.69, 9.17) is 0 Å². The molecule has 1 atom stereocenters. The lowest BCUT2D eigenvalue weighted by Crippen LogP contribution is -2.29. The lowest BCUT2D eigenvalue weighted by Gasteiger charge is -2.10. The Morgan fingerprint density at radius 3 is 2.76 bits per heavy atom. The maximum atomic E-state index is 13.1. The predicted octanol–water partition coefficient (Wildman–Crippen LogP) is 1.99. The Balaban J connectivity index is 1.97. The van der Waals surface area contributed by atoms with Gasteiger partial charge in [-0.15, -0.1) is 0 Å². The molecule has 0 spiro atoms. The third kappa shape index (κ3) is 3.62. The molecule has 6 heteroatoms. The van der Waals surface area contributed by atoms with E-state index < -0.39 is 9.84 Å². The van der Waals surface area contributed by atoms with E-state index in [1.54, 1.807) is 12.1 Å². The summed E-state index contributed by atoms with van der Waals surface area (Å²) < 4.78 is 36.1. The SMILES string of the molecule is O=S1(=O)C=CC(NCc2cc(F)cc(Br)c2)C1. The molecule has 1 aliphatic heterocycles. The van der Waals surface area contributed by atoms with Crippen LogP contribution in [-0.2, 0) is 16.4 Å². The van der Waals surface area contributed by atoms with Crippen LogP contribution in [0.4, 0.5) is 4.39 Å². The van der Waals surface area contributed by atoms with Crippen LogP contribution < -0.4 is 5.32 Å². The van der Waals surface area contributed by atoms with Crippen molar-refractivity contribution in [3.8, 4) is 0 Å². The molecule has 0 saturated heterocycles. The third-order valence-electron chi connectivity index (χ3n) is 2.42. The predicted molar refractivity (Wildman–Crippen MR) is 67.7 cm³/mol. The lowest BCUT2D eigenvalue weighted by molar-refractivity contribution is 0.587. The van der Waals surface area contributed by atoms with E-state index in [-0.39, 0.29) is 17.6 Å². The van der Waals surface area contributed by atoms with Gasteiger partial charge in [0.25, 0.3) is 0 Å². The first-order chi connectivity index (χ1) is 7.94. The average Bonchev–Trinajstić information content (AvgIpc) is 2.54. The van der Waals surface area contributed by atoms with Gasteiger partial charge in [0.2, 0.25) is 0 Å². The maximum absolute atomic E-state index is 13.1. The molecule has 1 heterocycles. The fourth-order valence-corrected chi connectivity index (χ4v) is 3.45. The summed E-state index contributed by atoms with van der Waals surface area (Å²) in [4.78, 5) is 0. The second-order valence-electron chi connectivity index (χ2n) is 3.92. The second-order valence-corrected chi connectivity index (χ2v) is 6.77. The van der Waals surface area contributed by atoms with Crippen LogP contribution in [-0.4, -0.2) is 20.2 Å². The summed E-state index contributed by atoms with van der Waals surface area (Å²) in [5.41, 5.74) is 0.773. The van der Waals surface area contributed by atoms with Crippen molar-refractivity contribution in [2.45, 2.75) is 12.6 Å². The van der Waals surface area contributed by atoms with Crippen LogP contribution in [0.3, 0.4) is 0 Å². The Hall–Kier alpha value is -0.720. The Labute approximate surface area is 108 Å². The van der Waals surface area contributed by atoms with Crippen molar-refractivity contribution in [2.75, 3.05) is 5.75 Å². The van der Waals surface area contributed by atoms with Gasteiger partial charge in [0.1, 0.15) is 5.82 Å². The molecule has 1 aromatic rings. The summed E-state index contributed by atoms with van der Waals surface area (Å²) in [6, 6.07) is 4.40. The number of benzene rings is 1. The highest BCUT2D eigenvalue weighted by Crippen LogP contribution is 2.15. The summed E-state index contributed by atoms with van der Waals surface area (Å²) in [6.07, 6.45) is 1.61. The molecule has 1 N–H and O–H groups in total. The molecule has 0 aliphatic carbocycles. The van der Waals surface area contributed by atoms with Crippen molar-refractivity contribution in [2.24, 2.45) is 0 Å². The van der Waals surface area contributed by atoms with E-state index in [1.807, 2.05) is 0 Å². The van der Waals surface area contributed by atoms with Crippen molar-refractivity contribution in [1.82, 2.24) is 5.32 Å².